The number of halogens is 1. The Morgan fingerprint density at radius 3 is 2.48 bits per heavy atom. The van der Waals surface area contributed by atoms with Gasteiger partial charge in [-0.1, -0.05) is 42.5 Å². The van der Waals surface area contributed by atoms with Crippen LogP contribution in [0.4, 0.5) is 0 Å². The molecule has 0 aromatic heterocycles. The lowest BCUT2D eigenvalue weighted by Gasteiger charge is -2.20. The summed E-state index contributed by atoms with van der Waals surface area (Å²) >= 11 is 3.45. The lowest BCUT2D eigenvalue weighted by Crippen LogP contribution is -2.33. The molecule has 122 valence electrons. The molecule has 0 bridgehead atoms. The quantitative estimate of drug-likeness (QED) is 0.693. The second-order valence-corrected chi connectivity index (χ2v) is 5.98. The molecule has 0 saturated heterocycles. The summed E-state index contributed by atoms with van der Waals surface area (Å²) in [5.74, 6) is 0.488. The average molecular weight is 377 g/mol. The van der Waals surface area contributed by atoms with E-state index in [2.05, 4.69) is 21.2 Å². The Morgan fingerprint density at radius 2 is 1.78 bits per heavy atom. The molecule has 23 heavy (non-hydrogen) atoms. The van der Waals surface area contributed by atoms with E-state index in [1.807, 2.05) is 54.6 Å². The number of carbonyl (C=O) groups is 1. The molecule has 0 radical (unpaired) electrons. The summed E-state index contributed by atoms with van der Waals surface area (Å²) in [5, 5.41) is 2.92. The van der Waals surface area contributed by atoms with Crippen LogP contribution in [0.5, 0.6) is 5.75 Å². The van der Waals surface area contributed by atoms with E-state index in [0.29, 0.717) is 18.8 Å². The highest BCUT2D eigenvalue weighted by Crippen LogP contribution is 2.29. The normalized spacial score (nSPS) is 11.7. The topological polar surface area (TPSA) is 64.3 Å². The summed E-state index contributed by atoms with van der Waals surface area (Å²) in [4.78, 5) is 12.5. The molecule has 0 fully saturated rings. The highest BCUT2D eigenvalue weighted by Gasteiger charge is 2.22. The van der Waals surface area contributed by atoms with E-state index >= 15 is 0 Å². The summed E-state index contributed by atoms with van der Waals surface area (Å²) in [5.41, 5.74) is 6.29. The number of benzene rings is 2. The first kappa shape index (κ1) is 17.5. The SMILES string of the molecule is NCCCCNC(=O)C(Oc1ccccc1Br)c1ccccc1. The molecular weight excluding hydrogens is 356 g/mol. The summed E-state index contributed by atoms with van der Waals surface area (Å²) in [6, 6.07) is 17.0. The largest absolute Gasteiger partial charge is 0.475 e. The molecule has 2 aromatic carbocycles. The number of ether oxygens (including phenoxy) is 1. The Kier molecular flexibility index (Phi) is 7.10. The Balaban J connectivity index is 2.12. The molecule has 1 amide bonds. The van der Waals surface area contributed by atoms with Crippen molar-refractivity contribution in [2.45, 2.75) is 18.9 Å². The van der Waals surface area contributed by atoms with Crippen molar-refractivity contribution < 1.29 is 9.53 Å². The van der Waals surface area contributed by atoms with Gasteiger partial charge in [-0.25, -0.2) is 0 Å². The summed E-state index contributed by atoms with van der Waals surface area (Å²) < 4.78 is 6.78. The first-order chi connectivity index (χ1) is 11.2. The second-order valence-electron chi connectivity index (χ2n) is 5.13. The van der Waals surface area contributed by atoms with Crippen LogP contribution in [-0.2, 0) is 4.79 Å². The first-order valence-corrected chi connectivity index (χ1v) is 8.45. The van der Waals surface area contributed by atoms with Gasteiger partial charge in [0.15, 0.2) is 0 Å². The number of hydrogen-bond donors (Lipinski definition) is 2. The van der Waals surface area contributed by atoms with Gasteiger partial charge in [0.2, 0.25) is 6.10 Å². The van der Waals surface area contributed by atoms with E-state index in [1.165, 1.54) is 0 Å². The zero-order chi connectivity index (χ0) is 16.5. The van der Waals surface area contributed by atoms with Crippen molar-refractivity contribution in [3.63, 3.8) is 0 Å². The lowest BCUT2D eigenvalue weighted by molar-refractivity contribution is -0.128. The molecule has 1 unspecified atom stereocenters. The molecule has 0 saturated carbocycles. The molecule has 0 heterocycles. The van der Waals surface area contributed by atoms with Crippen LogP contribution >= 0.6 is 15.9 Å². The minimum absolute atomic E-state index is 0.149. The zero-order valence-corrected chi connectivity index (χ0v) is 14.5. The van der Waals surface area contributed by atoms with Crippen LogP contribution in [0.25, 0.3) is 0 Å². The fourth-order valence-electron chi connectivity index (χ4n) is 2.14. The van der Waals surface area contributed by atoms with Gasteiger partial charge in [-0.3, -0.25) is 4.79 Å². The molecule has 0 aliphatic carbocycles. The summed E-state index contributed by atoms with van der Waals surface area (Å²) in [6.45, 7) is 1.23. The highest BCUT2D eigenvalue weighted by atomic mass is 79.9. The van der Waals surface area contributed by atoms with Crippen LogP contribution in [0.2, 0.25) is 0 Å². The van der Waals surface area contributed by atoms with E-state index in [-0.39, 0.29) is 5.91 Å². The number of amides is 1. The van der Waals surface area contributed by atoms with E-state index in [4.69, 9.17) is 10.5 Å². The second kappa shape index (κ2) is 9.33. The van der Waals surface area contributed by atoms with Crippen LogP contribution in [0, 0.1) is 0 Å². The molecule has 0 aliphatic rings. The van der Waals surface area contributed by atoms with Gasteiger partial charge in [0, 0.05) is 12.1 Å². The van der Waals surface area contributed by atoms with Crippen LogP contribution < -0.4 is 15.8 Å². The van der Waals surface area contributed by atoms with E-state index in [1.54, 1.807) is 0 Å². The Bertz CT molecular complexity index is 619. The Hall–Kier alpha value is -1.85. The van der Waals surface area contributed by atoms with E-state index in [9.17, 15) is 4.79 Å². The fraction of sp³-hybridized carbons (Fsp3) is 0.278. The maximum absolute atomic E-state index is 12.5. The number of hydrogen-bond acceptors (Lipinski definition) is 3. The van der Waals surface area contributed by atoms with Gasteiger partial charge in [0.05, 0.1) is 4.47 Å². The van der Waals surface area contributed by atoms with Crippen molar-refractivity contribution in [3.8, 4) is 5.75 Å². The summed E-state index contributed by atoms with van der Waals surface area (Å²) in [6.07, 6.45) is 1.06. The molecule has 5 heteroatoms. The van der Waals surface area contributed by atoms with Crippen molar-refractivity contribution in [1.29, 1.82) is 0 Å². The molecule has 2 aromatic rings. The smallest absolute Gasteiger partial charge is 0.265 e. The predicted molar refractivity (Wildman–Crippen MR) is 95.3 cm³/mol. The molecule has 1 atom stereocenters. The number of carbonyl (C=O) groups excluding carboxylic acids is 1. The van der Waals surface area contributed by atoms with Crippen molar-refractivity contribution in [2.24, 2.45) is 5.73 Å². The van der Waals surface area contributed by atoms with Crippen molar-refractivity contribution >= 4 is 21.8 Å². The third-order valence-corrected chi connectivity index (χ3v) is 4.01. The average Bonchev–Trinajstić information content (AvgIpc) is 2.58. The standard InChI is InChI=1S/C18H21BrN2O2/c19-15-10-4-5-11-16(15)23-17(14-8-2-1-3-9-14)18(22)21-13-7-6-12-20/h1-5,8-11,17H,6-7,12-13,20H2,(H,21,22). The number of unbranched alkanes of at least 4 members (excludes halogenated alkanes) is 1. The van der Waals surface area contributed by atoms with Crippen LogP contribution in [0.1, 0.15) is 24.5 Å². The summed E-state index contributed by atoms with van der Waals surface area (Å²) in [7, 11) is 0. The maximum Gasteiger partial charge on any atom is 0.265 e. The van der Waals surface area contributed by atoms with Gasteiger partial charge in [-0.2, -0.15) is 0 Å². The zero-order valence-electron chi connectivity index (χ0n) is 12.9. The van der Waals surface area contributed by atoms with Crippen molar-refractivity contribution in [3.05, 3.63) is 64.6 Å². The van der Waals surface area contributed by atoms with Gasteiger partial charge in [0.25, 0.3) is 5.91 Å². The van der Waals surface area contributed by atoms with Gasteiger partial charge < -0.3 is 15.8 Å². The van der Waals surface area contributed by atoms with Crippen LogP contribution in [-0.4, -0.2) is 19.0 Å². The Morgan fingerprint density at radius 1 is 1.09 bits per heavy atom. The third kappa shape index (κ3) is 5.37. The number of para-hydroxylation sites is 1. The maximum atomic E-state index is 12.5. The van der Waals surface area contributed by atoms with Gasteiger partial charge >= 0.3 is 0 Å². The van der Waals surface area contributed by atoms with E-state index in [0.717, 1.165) is 22.9 Å². The van der Waals surface area contributed by atoms with Crippen molar-refractivity contribution in [2.75, 3.05) is 13.1 Å². The highest BCUT2D eigenvalue weighted by molar-refractivity contribution is 9.10. The van der Waals surface area contributed by atoms with Crippen LogP contribution in [0.3, 0.4) is 0 Å². The third-order valence-electron chi connectivity index (χ3n) is 3.35. The minimum atomic E-state index is -0.687. The monoisotopic (exact) mass is 376 g/mol. The molecule has 2 rings (SSSR count). The predicted octanol–water partition coefficient (Wildman–Crippen LogP) is 3.42. The Labute approximate surface area is 145 Å². The van der Waals surface area contributed by atoms with Crippen LogP contribution in [0.15, 0.2) is 59.1 Å². The fourth-order valence-corrected chi connectivity index (χ4v) is 2.52. The number of nitrogens with one attached hydrogen (secondary N) is 1. The molecule has 0 aliphatic heterocycles. The van der Waals surface area contributed by atoms with E-state index < -0.39 is 6.10 Å². The van der Waals surface area contributed by atoms with Crippen molar-refractivity contribution in [1.82, 2.24) is 5.32 Å². The molecule has 0 spiro atoms. The van der Waals surface area contributed by atoms with Gasteiger partial charge in [0.1, 0.15) is 5.75 Å². The minimum Gasteiger partial charge on any atom is -0.475 e. The number of rotatable bonds is 8. The molecule has 3 N–H and O–H groups in total. The van der Waals surface area contributed by atoms with Gasteiger partial charge in [-0.15, -0.1) is 0 Å². The first-order valence-electron chi connectivity index (χ1n) is 7.66. The molecule has 4 nitrogen and oxygen atoms in total. The van der Waals surface area contributed by atoms with Gasteiger partial charge in [-0.05, 0) is 47.4 Å². The lowest BCUT2D eigenvalue weighted by atomic mass is 10.1. The number of nitrogens with two attached hydrogens (primary N) is 1. The molecular formula is C18H21BrN2O2.